The second-order valence-electron chi connectivity index (χ2n) is 4.81. The molecular formula is C16H19N5O2S2. The van der Waals surface area contributed by atoms with Crippen LogP contribution in [0, 0.1) is 0 Å². The largest absolute Gasteiger partial charge is 0.493 e. The molecule has 0 aliphatic rings. The Bertz CT molecular complexity index is 829. The Kier molecular flexibility index (Phi) is 6.84. The molecule has 0 fully saturated rings. The Morgan fingerprint density at radius 2 is 2.08 bits per heavy atom. The number of rotatable bonds is 6. The molecule has 0 unspecified atom stereocenters. The summed E-state index contributed by atoms with van der Waals surface area (Å²) in [5, 5.41) is 11.0. The van der Waals surface area contributed by atoms with Gasteiger partial charge >= 0.3 is 0 Å². The molecule has 132 valence electrons. The average Bonchev–Trinajstić information content (AvgIpc) is 3.07. The lowest BCUT2D eigenvalue weighted by Crippen LogP contribution is -2.28. The lowest BCUT2D eigenvalue weighted by Gasteiger charge is -2.02. The molecule has 1 aromatic heterocycles. The number of hydrogen-bond acceptors (Lipinski definition) is 6. The smallest absolute Gasteiger partial charge is 0.186 e. The number of thiocarbonyl (C=S) groups is 2. The number of aliphatic imine (C=N–C) groups is 1. The highest BCUT2D eigenvalue weighted by Gasteiger charge is 2.12. The maximum atomic E-state index is 5.92. The molecule has 1 aromatic carbocycles. The van der Waals surface area contributed by atoms with Gasteiger partial charge in [0.1, 0.15) is 5.71 Å². The van der Waals surface area contributed by atoms with E-state index in [0.29, 0.717) is 39.5 Å². The van der Waals surface area contributed by atoms with E-state index in [0.717, 1.165) is 5.39 Å². The monoisotopic (exact) mass is 377 g/mol. The number of likely N-dealkylation sites (N-methyl/N-ethyl adjacent to an activating group) is 1. The predicted octanol–water partition coefficient (Wildman–Crippen LogP) is 1.86. The van der Waals surface area contributed by atoms with Crippen molar-refractivity contribution in [3.05, 3.63) is 30.0 Å². The van der Waals surface area contributed by atoms with E-state index in [4.69, 9.17) is 33.6 Å². The molecule has 0 bridgehead atoms. The van der Waals surface area contributed by atoms with Crippen LogP contribution in [-0.2, 0) is 0 Å². The van der Waals surface area contributed by atoms with Crippen LogP contribution in [0.2, 0.25) is 0 Å². The Hall–Kier alpha value is -2.52. The van der Waals surface area contributed by atoms with Crippen molar-refractivity contribution in [3.8, 4) is 5.75 Å². The van der Waals surface area contributed by atoms with Gasteiger partial charge in [0.2, 0.25) is 0 Å². The third kappa shape index (κ3) is 4.97. The van der Waals surface area contributed by atoms with E-state index in [9.17, 15) is 0 Å². The molecule has 0 spiro atoms. The zero-order valence-corrected chi connectivity index (χ0v) is 15.8. The van der Waals surface area contributed by atoms with Gasteiger partial charge in [-0.2, -0.15) is 5.10 Å². The number of hydrogen-bond donors (Lipinski definition) is 3. The SMILES string of the molecule is CNC(=S)CN=C(/C=N\NC(=S)NC)c1cc2cccc(OC)c2o1. The third-order valence-corrected chi connectivity index (χ3v) is 3.86. The molecule has 3 N–H and O–H groups in total. The van der Waals surface area contributed by atoms with Crippen molar-refractivity contribution in [1.82, 2.24) is 16.1 Å². The predicted molar refractivity (Wildman–Crippen MR) is 109 cm³/mol. The van der Waals surface area contributed by atoms with Gasteiger partial charge < -0.3 is 19.8 Å². The number of methoxy groups -OCH3 is 1. The van der Waals surface area contributed by atoms with Crippen LogP contribution < -0.4 is 20.8 Å². The van der Waals surface area contributed by atoms with Gasteiger partial charge in [-0.25, -0.2) is 0 Å². The fourth-order valence-electron chi connectivity index (χ4n) is 1.95. The topological polar surface area (TPSA) is 83.2 Å². The minimum absolute atomic E-state index is 0.317. The molecule has 0 amide bonds. The highest BCUT2D eigenvalue weighted by Crippen LogP contribution is 2.28. The number of fused-ring (bicyclic) bond motifs is 1. The van der Waals surface area contributed by atoms with E-state index in [1.165, 1.54) is 6.21 Å². The molecule has 25 heavy (non-hydrogen) atoms. The first-order valence-corrected chi connectivity index (χ1v) is 8.23. The van der Waals surface area contributed by atoms with E-state index in [-0.39, 0.29) is 0 Å². The molecule has 0 aliphatic carbocycles. The number of para-hydroxylation sites is 1. The Morgan fingerprint density at radius 1 is 1.28 bits per heavy atom. The number of ether oxygens (including phenoxy) is 1. The summed E-state index contributed by atoms with van der Waals surface area (Å²) in [5.41, 5.74) is 3.86. The van der Waals surface area contributed by atoms with E-state index in [1.807, 2.05) is 24.3 Å². The van der Waals surface area contributed by atoms with Gasteiger partial charge in [0.05, 0.1) is 24.9 Å². The molecule has 0 atom stereocenters. The maximum Gasteiger partial charge on any atom is 0.186 e. The van der Waals surface area contributed by atoms with E-state index in [1.54, 1.807) is 21.2 Å². The zero-order valence-electron chi connectivity index (χ0n) is 14.1. The Labute approximate surface area is 156 Å². The summed E-state index contributed by atoms with van der Waals surface area (Å²) in [6.07, 6.45) is 1.53. The second kappa shape index (κ2) is 9.09. The van der Waals surface area contributed by atoms with Gasteiger partial charge in [-0.05, 0) is 24.4 Å². The molecule has 2 aromatic rings. The van der Waals surface area contributed by atoms with Crippen LogP contribution in [0.4, 0.5) is 0 Å². The van der Waals surface area contributed by atoms with Crippen molar-refractivity contribution >= 4 is 57.4 Å². The normalized spacial score (nSPS) is 11.6. The fraction of sp³-hybridized carbons (Fsp3) is 0.250. The minimum Gasteiger partial charge on any atom is -0.493 e. The number of nitrogens with zero attached hydrogens (tertiary/aromatic N) is 2. The molecule has 0 saturated carbocycles. The van der Waals surface area contributed by atoms with Crippen LogP contribution in [-0.4, -0.2) is 49.8 Å². The summed E-state index contributed by atoms with van der Waals surface area (Å²) in [5.74, 6) is 1.21. The second-order valence-corrected chi connectivity index (χ2v) is 5.71. The third-order valence-electron chi connectivity index (χ3n) is 3.23. The van der Waals surface area contributed by atoms with Crippen LogP contribution >= 0.6 is 24.4 Å². The zero-order chi connectivity index (χ0) is 18.2. The van der Waals surface area contributed by atoms with Crippen molar-refractivity contribution in [1.29, 1.82) is 0 Å². The number of nitrogens with one attached hydrogen (secondary N) is 3. The summed E-state index contributed by atoms with van der Waals surface area (Å²) in [6, 6.07) is 7.55. The van der Waals surface area contributed by atoms with Crippen LogP contribution in [0.5, 0.6) is 5.75 Å². The van der Waals surface area contributed by atoms with Crippen molar-refractivity contribution in [2.45, 2.75) is 0 Å². The molecule has 1 heterocycles. The Morgan fingerprint density at radius 3 is 2.76 bits per heavy atom. The summed E-state index contributed by atoms with van der Waals surface area (Å²) in [7, 11) is 5.06. The van der Waals surface area contributed by atoms with E-state index in [2.05, 4.69) is 26.2 Å². The summed E-state index contributed by atoms with van der Waals surface area (Å²) in [6.45, 7) is 0.317. The molecule has 9 heteroatoms. The highest BCUT2D eigenvalue weighted by molar-refractivity contribution is 7.80. The minimum atomic E-state index is 0.317. The van der Waals surface area contributed by atoms with Gasteiger partial charge in [0, 0.05) is 19.5 Å². The summed E-state index contributed by atoms with van der Waals surface area (Å²) < 4.78 is 11.2. The van der Waals surface area contributed by atoms with E-state index < -0.39 is 0 Å². The first kappa shape index (κ1) is 18.8. The Balaban J connectivity index is 2.37. The quantitative estimate of drug-likeness (QED) is 0.403. The highest BCUT2D eigenvalue weighted by atomic mass is 32.1. The van der Waals surface area contributed by atoms with Crippen molar-refractivity contribution in [2.24, 2.45) is 10.1 Å². The summed E-state index contributed by atoms with van der Waals surface area (Å²) in [4.78, 5) is 5.07. The number of benzene rings is 1. The molecule has 7 nitrogen and oxygen atoms in total. The van der Waals surface area contributed by atoms with Crippen LogP contribution in [0.1, 0.15) is 5.76 Å². The standard InChI is InChI=1S/C16H19N5O2S2/c1-17-14(24)9-19-11(8-20-21-16(25)18-2)13-7-10-5-4-6-12(22-3)15(10)23-13/h4-8H,9H2,1-3H3,(H,17,24)(H2,18,21,25)/b19-11?,20-8-. The number of furan rings is 1. The number of hydrazone groups is 1. The molecule has 2 rings (SSSR count). The average molecular weight is 377 g/mol. The van der Waals surface area contributed by atoms with Gasteiger partial charge in [-0.15, -0.1) is 0 Å². The van der Waals surface area contributed by atoms with Crippen LogP contribution in [0.15, 0.2) is 38.8 Å². The van der Waals surface area contributed by atoms with Crippen LogP contribution in [0.25, 0.3) is 11.0 Å². The van der Waals surface area contributed by atoms with Crippen LogP contribution in [0.3, 0.4) is 0 Å². The first-order chi connectivity index (χ1) is 12.1. The van der Waals surface area contributed by atoms with Gasteiger partial charge in [-0.1, -0.05) is 24.4 Å². The molecule has 0 radical (unpaired) electrons. The fourth-order valence-corrected chi connectivity index (χ4v) is 2.07. The first-order valence-electron chi connectivity index (χ1n) is 7.41. The molecule has 0 saturated heterocycles. The summed E-state index contributed by atoms with van der Waals surface area (Å²) >= 11 is 10.1. The van der Waals surface area contributed by atoms with Gasteiger partial charge in [0.25, 0.3) is 0 Å². The van der Waals surface area contributed by atoms with Gasteiger partial charge in [-0.3, -0.25) is 10.4 Å². The lowest BCUT2D eigenvalue weighted by molar-refractivity contribution is 0.410. The van der Waals surface area contributed by atoms with E-state index >= 15 is 0 Å². The van der Waals surface area contributed by atoms with Crippen molar-refractivity contribution in [2.75, 3.05) is 27.7 Å². The van der Waals surface area contributed by atoms with Crippen molar-refractivity contribution in [3.63, 3.8) is 0 Å². The van der Waals surface area contributed by atoms with Gasteiger partial charge in [0.15, 0.2) is 22.2 Å². The molecular weight excluding hydrogens is 358 g/mol. The molecule has 0 aliphatic heterocycles. The van der Waals surface area contributed by atoms with Crippen molar-refractivity contribution < 1.29 is 9.15 Å². The maximum absolute atomic E-state index is 5.92. The lowest BCUT2D eigenvalue weighted by atomic mass is 10.2.